The highest BCUT2D eigenvalue weighted by molar-refractivity contribution is 5.85. The van der Waals surface area contributed by atoms with E-state index in [0.29, 0.717) is 5.82 Å². The first kappa shape index (κ1) is 11.3. The maximum atomic E-state index is 10.9. The summed E-state index contributed by atoms with van der Waals surface area (Å²) in [5.41, 5.74) is 0.851. The Morgan fingerprint density at radius 3 is 2.94 bits per heavy atom. The van der Waals surface area contributed by atoms with Crippen LogP contribution in [-0.2, 0) is 6.42 Å². The predicted molar refractivity (Wildman–Crippen MR) is 60.1 cm³/mol. The number of aromatic carboxylic acids is 1. The van der Waals surface area contributed by atoms with E-state index in [1.807, 2.05) is 6.92 Å². The number of hydrogen-bond acceptors (Lipinski definition) is 4. The summed E-state index contributed by atoms with van der Waals surface area (Å²) in [5.74, 6) is -0.506. The van der Waals surface area contributed by atoms with Crippen molar-refractivity contribution in [1.29, 1.82) is 0 Å². The molecule has 0 atom stereocenters. The second-order valence-electron chi connectivity index (χ2n) is 3.57. The number of hydrogen-bond donors (Lipinski definition) is 1. The zero-order valence-corrected chi connectivity index (χ0v) is 9.37. The number of rotatable bonds is 4. The normalized spacial score (nSPS) is 10.4. The number of aryl methyl sites for hydroxylation is 1. The van der Waals surface area contributed by atoms with Crippen LogP contribution in [0, 0.1) is 0 Å². The minimum atomic E-state index is -1.04. The van der Waals surface area contributed by atoms with Crippen molar-refractivity contribution in [2.75, 3.05) is 0 Å². The number of nitrogens with zero attached hydrogens (tertiary/aromatic N) is 4. The molecule has 2 heterocycles. The van der Waals surface area contributed by atoms with Crippen molar-refractivity contribution in [3.63, 3.8) is 0 Å². The van der Waals surface area contributed by atoms with Crippen LogP contribution in [0.1, 0.15) is 29.5 Å². The molecule has 0 aliphatic heterocycles. The van der Waals surface area contributed by atoms with Gasteiger partial charge < -0.3 is 5.11 Å². The van der Waals surface area contributed by atoms with Gasteiger partial charge in [-0.15, -0.1) is 5.10 Å². The second-order valence-corrected chi connectivity index (χ2v) is 3.57. The zero-order chi connectivity index (χ0) is 12.3. The predicted octanol–water partition coefficient (Wildman–Crippen LogP) is 1.31. The molecule has 6 nitrogen and oxygen atoms in total. The van der Waals surface area contributed by atoms with Gasteiger partial charge in [0, 0.05) is 11.9 Å². The van der Waals surface area contributed by atoms with Crippen LogP contribution in [0.3, 0.4) is 0 Å². The van der Waals surface area contributed by atoms with Gasteiger partial charge in [0.1, 0.15) is 0 Å². The van der Waals surface area contributed by atoms with Crippen molar-refractivity contribution in [2.24, 2.45) is 0 Å². The Morgan fingerprint density at radius 2 is 2.35 bits per heavy atom. The molecule has 0 saturated carbocycles. The SMILES string of the molecule is CCCc1cc(C(=O)O)nn1-c1cccnn1. The van der Waals surface area contributed by atoms with Gasteiger partial charge in [-0.05, 0) is 24.6 Å². The lowest BCUT2D eigenvalue weighted by Gasteiger charge is -2.03. The van der Waals surface area contributed by atoms with Gasteiger partial charge in [0.25, 0.3) is 0 Å². The molecule has 0 spiro atoms. The van der Waals surface area contributed by atoms with Crippen LogP contribution < -0.4 is 0 Å². The Bertz CT molecular complexity index is 522. The lowest BCUT2D eigenvalue weighted by atomic mass is 10.2. The van der Waals surface area contributed by atoms with Crippen molar-refractivity contribution in [3.8, 4) is 5.82 Å². The Labute approximate surface area is 97.9 Å². The fraction of sp³-hybridized carbons (Fsp3) is 0.273. The molecule has 2 rings (SSSR count). The summed E-state index contributed by atoms with van der Waals surface area (Å²) in [7, 11) is 0. The first-order valence-electron chi connectivity index (χ1n) is 5.32. The second kappa shape index (κ2) is 4.73. The summed E-state index contributed by atoms with van der Waals surface area (Å²) in [6.07, 6.45) is 3.21. The lowest BCUT2D eigenvalue weighted by molar-refractivity contribution is 0.0690. The smallest absolute Gasteiger partial charge is 0.356 e. The Kier molecular flexibility index (Phi) is 3.13. The van der Waals surface area contributed by atoms with E-state index in [1.165, 1.54) is 4.68 Å². The van der Waals surface area contributed by atoms with Crippen LogP contribution in [0.4, 0.5) is 0 Å². The van der Waals surface area contributed by atoms with Crippen molar-refractivity contribution in [3.05, 3.63) is 35.8 Å². The van der Waals surface area contributed by atoms with Crippen LogP contribution in [0.25, 0.3) is 5.82 Å². The topological polar surface area (TPSA) is 80.9 Å². The number of carboxylic acid groups (broad SMARTS) is 1. The van der Waals surface area contributed by atoms with E-state index in [9.17, 15) is 4.79 Å². The molecule has 17 heavy (non-hydrogen) atoms. The van der Waals surface area contributed by atoms with Crippen LogP contribution in [0.5, 0.6) is 0 Å². The Hall–Kier alpha value is -2.24. The van der Waals surface area contributed by atoms with E-state index in [4.69, 9.17) is 5.11 Å². The van der Waals surface area contributed by atoms with Crippen molar-refractivity contribution in [1.82, 2.24) is 20.0 Å². The maximum Gasteiger partial charge on any atom is 0.356 e. The molecule has 0 aliphatic rings. The first-order valence-corrected chi connectivity index (χ1v) is 5.32. The molecule has 2 aromatic rings. The first-order chi connectivity index (χ1) is 8.22. The monoisotopic (exact) mass is 232 g/mol. The average Bonchev–Trinajstić information content (AvgIpc) is 2.75. The Balaban J connectivity index is 2.48. The van der Waals surface area contributed by atoms with Gasteiger partial charge in [0.05, 0.1) is 0 Å². The highest BCUT2D eigenvalue weighted by atomic mass is 16.4. The van der Waals surface area contributed by atoms with E-state index < -0.39 is 5.97 Å². The van der Waals surface area contributed by atoms with E-state index in [0.717, 1.165) is 18.5 Å². The third-order valence-electron chi connectivity index (χ3n) is 2.28. The quantitative estimate of drug-likeness (QED) is 0.859. The fourth-order valence-corrected chi connectivity index (χ4v) is 1.56. The molecule has 0 amide bonds. The maximum absolute atomic E-state index is 10.9. The third-order valence-corrected chi connectivity index (χ3v) is 2.28. The van der Waals surface area contributed by atoms with E-state index in [-0.39, 0.29) is 5.69 Å². The van der Waals surface area contributed by atoms with E-state index in [2.05, 4.69) is 15.3 Å². The number of carbonyl (C=O) groups is 1. The van der Waals surface area contributed by atoms with Crippen molar-refractivity contribution >= 4 is 5.97 Å². The molecule has 88 valence electrons. The third kappa shape index (κ3) is 2.30. The Morgan fingerprint density at radius 1 is 1.53 bits per heavy atom. The summed E-state index contributed by atoms with van der Waals surface area (Å²) in [6.45, 7) is 2.02. The molecule has 0 unspecified atom stereocenters. The number of aromatic nitrogens is 4. The van der Waals surface area contributed by atoms with Gasteiger partial charge in [-0.3, -0.25) is 0 Å². The summed E-state index contributed by atoms with van der Waals surface area (Å²) < 4.78 is 1.53. The van der Waals surface area contributed by atoms with Crippen LogP contribution in [0.15, 0.2) is 24.4 Å². The van der Waals surface area contributed by atoms with Crippen LogP contribution in [-0.4, -0.2) is 31.1 Å². The highest BCUT2D eigenvalue weighted by Crippen LogP contribution is 2.12. The molecule has 6 heteroatoms. The summed E-state index contributed by atoms with van der Waals surface area (Å²) in [4.78, 5) is 10.9. The largest absolute Gasteiger partial charge is 0.476 e. The zero-order valence-electron chi connectivity index (χ0n) is 9.37. The van der Waals surface area contributed by atoms with Gasteiger partial charge in [0.15, 0.2) is 11.5 Å². The molecule has 0 fully saturated rings. The lowest BCUT2D eigenvalue weighted by Crippen LogP contribution is -2.06. The molecule has 0 radical (unpaired) electrons. The van der Waals surface area contributed by atoms with Crippen LogP contribution >= 0.6 is 0 Å². The molecule has 0 aromatic carbocycles. The molecule has 0 saturated heterocycles. The molecule has 1 N–H and O–H groups in total. The molecular weight excluding hydrogens is 220 g/mol. The summed E-state index contributed by atoms with van der Waals surface area (Å²) in [5, 5.41) is 20.6. The highest BCUT2D eigenvalue weighted by Gasteiger charge is 2.14. The molecule has 2 aromatic heterocycles. The van der Waals surface area contributed by atoms with Gasteiger partial charge in [-0.25, -0.2) is 9.48 Å². The number of carboxylic acids is 1. The minimum absolute atomic E-state index is 0.0269. The molecular formula is C11H12N4O2. The summed E-state index contributed by atoms with van der Waals surface area (Å²) in [6, 6.07) is 5.05. The van der Waals surface area contributed by atoms with Crippen LogP contribution in [0.2, 0.25) is 0 Å². The minimum Gasteiger partial charge on any atom is -0.476 e. The van der Waals surface area contributed by atoms with Crippen molar-refractivity contribution in [2.45, 2.75) is 19.8 Å². The molecule has 0 bridgehead atoms. The average molecular weight is 232 g/mol. The fourth-order valence-electron chi connectivity index (χ4n) is 1.56. The van der Waals surface area contributed by atoms with E-state index in [1.54, 1.807) is 24.4 Å². The van der Waals surface area contributed by atoms with Crippen molar-refractivity contribution < 1.29 is 9.90 Å². The van der Waals surface area contributed by atoms with Gasteiger partial charge in [0.2, 0.25) is 0 Å². The standard InChI is InChI=1S/C11H12N4O2/c1-2-4-8-7-9(11(16)17)14-15(8)10-5-3-6-12-13-10/h3,5-7H,2,4H2,1H3,(H,16,17). The van der Waals surface area contributed by atoms with Gasteiger partial charge >= 0.3 is 5.97 Å². The summed E-state index contributed by atoms with van der Waals surface area (Å²) >= 11 is 0. The van der Waals surface area contributed by atoms with Gasteiger partial charge in [-0.2, -0.15) is 10.2 Å². The van der Waals surface area contributed by atoms with E-state index >= 15 is 0 Å². The molecule has 0 aliphatic carbocycles. The van der Waals surface area contributed by atoms with Gasteiger partial charge in [-0.1, -0.05) is 13.3 Å².